The minimum absolute atomic E-state index is 0.0945. The fourth-order valence-electron chi connectivity index (χ4n) is 3.93. The lowest BCUT2D eigenvalue weighted by atomic mass is 9.91. The van der Waals surface area contributed by atoms with Crippen molar-refractivity contribution in [3.05, 3.63) is 76.5 Å². The molecule has 0 saturated carbocycles. The van der Waals surface area contributed by atoms with E-state index in [-0.39, 0.29) is 6.61 Å². The van der Waals surface area contributed by atoms with Crippen molar-refractivity contribution in [2.24, 2.45) is 0 Å². The highest BCUT2D eigenvalue weighted by Crippen LogP contribution is 2.38. The molecule has 0 bridgehead atoms. The number of nitrogens with zero attached hydrogens (tertiary/aromatic N) is 4. The molecule has 3 heterocycles. The quantitative estimate of drug-likeness (QED) is 0.206. The van der Waals surface area contributed by atoms with Crippen molar-refractivity contribution < 1.29 is 9.90 Å². The summed E-state index contributed by atoms with van der Waals surface area (Å²) >= 11 is 8.03. The van der Waals surface area contributed by atoms with E-state index in [1.54, 1.807) is 22.9 Å². The van der Waals surface area contributed by atoms with E-state index in [1.165, 1.54) is 17.7 Å². The fraction of sp³-hybridized carbons (Fsp3) is 0.185. The molecule has 0 radical (unpaired) electrons. The summed E-state index contributed by atoms with van der Waals surface area (Å²) in [5.74, 6) is 0.855. The minimum Gasteiger partial charge on any atom is -0.395 e. The molecular formula is C27H26ClN7O2S. The molecule has 11 heteroatoms. The number of nitrogens with two attached hydrogens (primary N) is 1. The molecule has 2 aromatic carbocycles. The summed E-state index contributed by atoms with van der Waals surface area (Å²) in [5.41, 5.74) is 10.2. The lowest BCUT2D eigenvalue weighted by Crippen LogP contribution is -2.22. The van der Waals surface area contributed by atoms with Gasteiger partial charge in [0.1, 0.15) is 22.8 Å². The number of carbonyl (C=O) groups is 1. The van der Waals surface area contributed by atoms with Crippen LogP contribution >= 0.6 is 22.9 Å². The summed E-state index contributed by atoms with van der Waals surface area (Å²) < 4.78 is 1.64. The van der Waals surface area contributed by atoms with Gasteiger partial charge in [0.25, 0.3) is 0 Å². The molecule has 0 saturated heterocycles. The Morgan fingerprint density at radius 2 is 1.89 bits per heavy atom. The molecule has 3 aromatic heterocycles. The number of hydrogen-bond acceptors (Lipinski definition) is 7. The molecule has 5 aromatic rings. The van der Waals surface area contributed by atoms with Gasteiger partial charge in [0, 0.05) is 22.4 Å². The standard InChI is InChI=1S/C27H26ClN7O2S/c1-15-4-7-17(8-5-15)35-22(11-21(34-35)27(2,3)13-36)33-26(37)32-20-9-6-16(10-19(20)28)18-12-38-25-23(18)24(29)30-14-31-25/h4-12,14,36H,13H2,1-3H3,(H2,29,30,31)(H2,32,33,37). The van der Waals surface area contributed by atoms with E-state index in [1.807, 2.05) is 56.5 Å². The number of anilines is 3. The molecular weight excluding hydrogens is 522 g/mol. The zero-order valence-corrected chi connectivity index (χ0v) is 22.6. The Morgan fingerprint density at radius 3 is 2.61 bits per heavy atom. The van der Waals surface area contributed by atoms with Gasteiger partial charge in [-0.3, -0.25) is 5.32 Å². The highest BCUT2D eigenvalue weighted by atomic mass is 35.5. The molecule has 5 rings (SSSR count). The summed E-state index contributed by atoms with van der Waals surface area (Å²) in [6.07, 6.45) is 1.44. The second kappa shape index (κ2) is 10.1. The molecule has 0 spiro atoms. The second-order valence-electron chi connectivity index (χ2n) is 9.57. The highest BCUT2D eigenvalue weighted by molar-refractivity contribution is 7.17. The van der Waals surface area contributed by atoms with Gasteiger partial charge in [0.05, 0.1) is 34.1 Å². The smallest absolute Gasteiger partial charge is 0.324 e. The monoisotopic (exact) mass is 547 g/mol. The number of nitrogens with one attached hydrogen (secondary N) is 2. The third kappa shape index (κ3) is 4.93. The zero-order valence-electron chi connectivity index (χ0n) is 21.0. The Bertz CT molecular complexity index is 1640. The minimum atomic E-state index is -0.595. The van der Waals surface area contributed by atoms with Gasteiger partial charge in [-0.15, -0.1) is 11.3 Å². The number of hydrogen-bond donors (Lipinski definition) is 4. The van der Waals surface area contributed by atoms with Gasteiger partial charge in [-0.25, -0.2) is 19.4 Å². The number of amides is 2. The van der Waals surface area contributed by atoms with Crippen LogP contribution in [-0.4, -0.2) is 37.5 Å². The normalized spacial score (nSPS) is 11.6. The van der Waals surface area contributed by atoms with E-state index in [0.29, 0.717) is 28.0 Å². The number of aliphatic hydroxyl groups is 1. The first-order chi connectivity index (χ1) is 18.2. The van der Waals surface area contributed by atoms with E-state index in [2.05, 4.69) is 25.7 Å². The van der Waals surface area contributed by atoms with Crippen molar-refractivity contribution in [3.63, 3.8) is 0 Å². The van der Waals surface area contributed by atoms with Crippen LogP contribution in [-0.2, 0) is 5.41 Å². The number of aryl methyl sites for hydroxylation is 1. The van der Waals surface area contributed by atoms with Crippen LogP contribution in [0.25, 0.3) is 27.0 Å². The number of rotatable bonds is 6. The Labute approximate surface area is 228 Å². The third-order valence-electron chi connectivity index (χ3n) is 6.25. The van der Waals surface area contributed by atoms with Gasteiger partial charge in [-0.05, 0) is 36.8 Å². The average molecular weight is 548 g/mol. The summed E-state index contributed by atoms with van der Waals surface area (Å²) in [6.45, 7) is 5.67. The van der Waals surface area contributed by atoms with Crippen LogP contribution in [0.2, 0.25) is 5.02 Å². The van der Waals surface area contributed by atoms with Crippen LogP contribution in [0, 0.1) is 6.92 Å². The van der Waals surface area contributed by atoms with Crippen molar-refractivity contribution in [3.8, 4) is 16.8 Å². The second-order valence-corrected chi connectivity index (χ2v) is 10.8. The zero-order chi connectivity index (χ0) is 27.0. The Morgan fingerprint density at radius 1 is 1.13 bits per heavy atom. The molecule has 9 nitrogen and oxygen atoms in total. The van der Waals surface area contributed by atoms with Gasteiger partial charge in [-0.1, -0.05) is 49.2 Å². The van der Waals surface area contributed by atoms with Gasteiger partial charge in [0.15, 0.2) is 0 Å². The Hall–Kier alpha value is -3.99. The van der Waals surface area contributed by atoms with E-state index in [9.17, 15) is 9.90 Å². The molecule has 0 aliphatic carbocycles. The number of aromatic nitrogens is 4. The lowest BCUT2D eigenvalue weighted by Gasteiger charge is -2.18. The van der Waals surface area contributed by atoms with Crippen molar-refractivity contribution in [1.29, 1.82) is 0 Å². The fourth-order valence-corrected chi connectivity index (χ4v) is 5.08. The van der Waals surface area contributed by atoms with E-state index < -0.39 is 11.4 Å². The predicted molar refractivity (Wildman–Crippen MR) is 153 cm³/mol. The molecule has 5 N–H and O–H groups in total. The first-order valence-electron chi connectivity index (χ1n) is 11.8. The maximum atomic E-state index is 13.0. The molecule has 0 aliphatic rings. The molecule has 0 atom stereocenters. The Kier molecular flexibility index (Phi) is 6.78. The summed E-state index contributed by atoms with van der Waals surface area (Å²) in [5, 5.41) is 23.3. The number of carbonyl (C=O) groups excluding carboxylic acids is 1. The predicted octanol–water partition coefficient (Wildman–Crippen LogP) is 6.00. The van der Waals surface area contributed by atoms with Crippen molar-refractivity contribution in [1.82, 2.24) is 19.7 Å². The van der Waals surface area contributed by atoms with Gasteiger partial charge in [0.2, 0.25) is 0 Å². The molecule has 0 unspecified atom stereocenters. The maximum Gasteiger partial charge on any atom is 0.324 e. The van der Waals surface area contributed by atoms with Crippen LogP contribution in [0.1, 0.15) is 25.1 Å². The number of aliphatic hydroxyl groups excluding tert-OH is 1. The molecule has 194 valence electrons. The molecule has 0 aliphatic heterocycles. The van der Waals surface area contributed by atoms with Crippen LogP contribution < -0.4 is 16.4 Å². The first kappa shape index (κ1) is 25.7. The van der Waals surface area contributed by atoms with Crippen molar-refractivity contribution in [2.75, 3.05) is 23.0 Å². The van der Waals surface area contributed by atoms with Crippen molar-refractivity contribution in [2.45, 2.75) is 26.2 Å². The Balaban J connectivity index is 1.40. The van der Waals surface area contributed by atoms with Crippen LogP contribution in [0.5, 0.6) is 0 Å². The van der Waals surface area contributed by atoms with Crippen molar-refractivity contribution >= 4 is 56.5 Å². The number of urea groups is 1. The van der Waals surface area contributed by atoms with Crippen LogP contribution in [0.3, 0.4) is 0 Å². The van der Waals surface area contributed by atoms with Gasteiger partial charge >= 0.3 is 6.03 Å². The van der Waals surface area contributed by atoms with Crippen LogP contribution in [0.15, 0.2) is 60.2 Å². The first-order valence-corrected chi connectivity index (χ1v) is 13.1. The maximum absolute atomic E-state index is 13.0. The molecule has 2 amide bonds. The number of benzene rings is 2. The number of thiophene rings is 1. The highest BCUT2D eigenvalue weighted by Gasteiger charge is 2.25. The van der Waals surface area contributed by atoms with E-state index >= 15 is 0 Å². The lowest BCUT2D eigenvalue weighted by molar-refractivity contribution is 0.215. The average Bonchev–Trinajstić information content (AvgIpc) is 3.52. The number of nitrogen functional groups attached to an aromatic ring is 1. The van der Waals surface area contributed by atoms with Crippen LogP contribution in [0.4, 0.5) is 22.1 Å². The topological polar surface area (TPSA) is 131 Å². The van der Waals surface area contributed by atoms with E-state index in [4.69, 9.17) is 17.3 Å². The third-order valence-corrected chi connectivity index (χ3v) is 7.45. The summed E-state index contributed by atoms with van der Waals surface area (Å²) in [4.78, 5) is 22.2. The summed E-state index contributed by atoms with van der Waals surface area (Å²) in [6, 6.07) is 14.4. The number of fused-ring (bicyclic) bond motifs is 1. The largest absolute Gasteiger partial charge is 0.395 e. The SMILES string of the molecule is Cc1ccc(-n2nc(C(C)(C)CO)cc2NC(=O)Nc2ccc(-c3csc4ncnc(N)c34)cc2Cl)cc1. The van der Waals surface area contributed by atoms with E-state index in [0.717, 1.165) is 32.6 Å². The number of halogens is 1. The molecule has 38 heavy (non-hydrogen) atoms. The molecule has 0 fully saturated rings. The summed E-state index contributed by atoms with van der Waals surface area (Å²) in [7, 11) is 0. The van der Waals surface area contributed by atoms with Gasteiger partial charge < -0.3 is 16.2 Å². The van der Waals surface area contributed by atoms with Gasteiger partial charge in [-0.2, -0.15) is 5.10 Å².